The van der Waals surface area contributed by atoms with Crippen molar-refractivity contribution in [1.29, 1.82) is 0 Å². The molecule has 18 heavy (non-hydrogen) atoms. The number of benzene rings is 2. The molecule has 3 nitrogen and oxygen atoms in total. The summed E-state index contributed by atoms with van der Waals surface area (Å²) in [6.45, 7) is 1.69. The molecule has 0 bridgehead atoms. The Morgan fingerprint density at radius 2 is 1.94 bits per heavy atom. The summed E-state index contributed by atoms with van der Waals surface area (Å²) in [6, 6.07) is 17.4. The third-order valence-corrected chi connectivity index (χ3v) is 2.95. The summed E-state index contributed by atoms with van der Waals surface area (Å²) in [5.41, 5.74) is 2.94. The van der Waals surface area contributed by atoms with E-state index in [0.717, 1.165) is 22.0 Å². The van der Waals surface area contributed by atoms with E-state index in [1.165, 1.54) is 0 Å². The Balaban J connectivity index is 2.18. The second-order valence-electron chi connectivity index (χ2n) is 4.26. The quantitative estimate of drug-likeness (QED) is 0.744. The molecule has 0 spiro atoms. The SMILES string of the molecule is CC(O)n1ncc2ccc(-c3ccccc3)[c]c21. The van der Waals surface area contributed by atoms with Crippen LogP contribution in [0.3, 0.4) is 0 Å². The van der Waals surface area contributed by atoms with Crippen molar-refractivity contribution in [3.8, 4) is 11.1 Å². The van der Waals surface area contributed by atoms with Crippen LogP contribution in [0.15, 0.2) is 48.7 Å². The molecule has 1 N–H and O–H groups in total. The van der Waals surface area contributed by atoms with Gasteiger partial charge in [-0.1, -0.05) is 42.5 Å². The van der Waals surface area contributed by atoms with Crippen LogP contribution in [0.5, 0.6) is 0 Å². The molecule has 0 saturated heterocycles. The minimum Gasteiger partial charge on any atom is -0.372 e. The molecule has 1 unspecified atom stereocenters. The number of hydrogen-bond donors (Lipinski definition) is 1. The molecule has 1 atom stereocenters. The van der Waals surface area contributed by atoms with Gasteiger partial charge >= 0.3 is 0 Å². The Bertz CT molecular complexity index is 671. The Kier molecular flexibility index (Phi) is 2.61. The van der Waals surface area contributed by atoms with Crippen molar-refractivity contribution in [2.24, 2.45) is 0 Å². The first-order valence-corrected chi connectivity index (χ1v) is 5.89. The lowest BCUT2D eigenvalue weighted by Crippen LogP contribution is -2.04. The standard InChI is InChI=1S/C15H13N2O/c1-11(18)17-15-9-13(7-8-14(15)10-16-17)12-5-3-2-4-6-12/h2-8,10-11,18H,1H3. The number of aliphatic hydroxyl groups excluding tert-OH is 1. The smallest absolute Gasteiger partial charge is 0.144 e. The molecule has 89 valence electrons. The van der Waals surface area contributed by atoms with Gasteiger partial charge in [-0.25, -0.2) is 4.68 Å². The van der Waals surface area contributed by atoms with E-state index in [-0.39, 0.29) is 0 Å². The van der Waals surface area contributed by atoms with E-state index in [0.29, 0.717) is 0 Å². The normalized spacial score (nSPS) is 12.8. The molecule has 0 aliphatic heterocycles. The lowest BCUT2D eigenvalue weighted by atomic mass is 10.0. The number of fused-ring (bicyclic) bond motifs is 1. The van der Waals surface area contributed by atoms with Gasteiger partial charge in [-0.2, -0.15) is 5.10 Å². The van der Waals surface area contributed by atoms with Crippen molar-refractivity contribution in [2.75, 3.05) is 0 Å². The molecule has 1 heterocycles. The summed E-state index contributed by atoms with van der Waals surface area (Å²) < 4.78 is 1.57. The second-order valence-corrected chi connectivity index (χ2v) is 4.26. The number of rotatable bonds is 2. The Morgan fingerprint density at radius 3 is 2.67 bits per heavy atom. The first-order valence-electron chi connectivity index (χ1n) is 5.89. The van der Waals surface area contributed by atoms with Crippen molar-refractivity contribution in [3.05, 3.63) is 54.7 Å². The summed E-state index contributed by atoms with van der Waals surface area (Å²) in [7, 11) is 0. The molecule has 0 amide bonds. The lowest BCUT2D eigenvalue weighted by Gasteiger charge is -2.07. The zero-order valence-electron chi connectivity index (χ0n) is 10.0. The van der Waals surface area contributed by atoms with Crippen LogP contribution in [-0.2, 0) is 0 Å². The van der Waals surface area contributed by atoms with Gasteiger partial charge in [0.05, 0.1) is 11.7 Å². The number of aliphatic hydroxyl groups is 1. The lowest BCUT2D eigenvalue weighted by molar-refractivity contribution is 0.115. The molecule has 1 aromatic heterocycles. The molecule has 0 aliphatic carbocycles. The predicted molar refractivity (Wildman–Crippen MR) is 70.9 cm³/mol. The highest BCUT2D eigenvalue weighted by Crippen LogP contribution is 2.24. The fourth-order valence-corrected chi connectivity index (χ4v) is 2.04. The summed E-state index contributed by atoms with van der Waals surface area (Å²) in [6.07, 6.45) is 1.10. The average molecular weight is 237 g/mol. The highest BCUT2D eigenvalue weighted by atomic mass is 16.3. The van der Waals surface area contributed by atoms with E-state index < -0.39 is 6.23 Å². The van der Waals surface area contributed by atoms with Crippen LogP contribution in [0.4, 0.5) is 0 Å². The van der Waals surface area contributed by atoms with Crippen LogP contribution < -0.4 is 0 Å². The van der Waals surface area contributed by atoms with Gasteiger partial charge < -0.3 is 5.11 Å². The van der Waals surface area contributed by atoms with E-state index in [4.69, 9.17) is 0 Å². The minimum absolute atomic E-state index is 0.648. The van der Waals surface area contributed by atoms with Crippen LogP contribution in [0.1, 0.15) is 13.2 Å². The van der Waals surface area contributed by atoms with Gasteiger partial charge in [0.15, 0.2) is 0 Å². The summed E-state index contributed by atoms with van der Waals surface area (Å²) in [5, 5.41) is 14.8. The number of aromatic nitrogens is 2. The highest BCUT2D eigenvalue weighted by Gasteiger charge is 2.08. The Labute approximate surface area is 105 Å². The van der Waals surface area contributed by atoms with E-state index in [1.807, 2.05) is 42.5 Å². The molecule has 0 saturated carbocycles. The van der Waals surface area contributed by atoms with Crippen LogP contribution in [0, 0.1) is 6.07 Å². The maximum Gasteiger partial charge on any atom is 0.144 e. The number of nitrogens with zero attached hydrogens (tertiary/aromatic N) is 2. The second kappa shape index (κ2) is 4.27. The van der Waals surface area contributed by atoms with E-state index in [2.05, 4.69) is 11.2 Å². The third kappa shape index (κ3) is 1.79. The van der Waals surface area contributed by atoms with Gasteiger partial charge in [0.25, 0.3) is 0 Å². The first-order chi connectivity index (χ1) is 8.75. The predicted octanol–water partition coefficient (Wildman–Crippen LogP) is 3.01. The zero-order chi connectivity index (χ0) is 12.5. The van der Waals surface area contributed by atoms with Gasteiger partial charge in [-0.15, -0.1) is 0 Å². The molecule has 1 radical (unpaired) electrons. The van der Waals surface area contributed by atoms with Gasteiger partial charge in [-0.05, 0) is 18.1 Å². The molecular weight excluding hydrogens is 224 g/mol. The Morgan fingerprint density at radius 1 is 1.17 bits per heavy atom. The van der Waals surface area contributed by atoms with E-state index in [9.17, 15) is 5.11 Å². The van der Waals surface area contributed by atoms with Gasteiger partial charge in [0, 0.05) is 11.5 Å². The maximum absolute atomic E-state index is 9.65. The summed E-state index contributed by atoms with van der Waals surface area (Å²) in [5.74, 6) is 0. The van der Waals surface area contributed by atoms with Crippen LogP contribution in [0.2, 0.25) is 0 Å². The van der Waals surface area contributed by atoms with Gasteiger partial charge in [-0.3, -0.25) is 0 Å². The summed E-state index contributed by atoms with van der Waals surface area (Å²) >= 11 is 0. The molecule has 0 fully saturated rings. The molecule has 0 aliphatic rings. The molecule has 3 aromatic rings. The maximum atomic E-state index is 9.65. The minimum atomic E-state index is -0.648. The van der Waals surface area contributed by atoms with Gasteiger partial charge in [0.1, 0.15) is 6.23 Å². The fourth-order valence-electron chi connectivity index (χ4n) is 2.04. The summed E-state index contributed by atoms with van der Waals surface area (Å²) in [4.78, 5) is 0. The van der Waals surface area contributed by atoms with Crippen molar-refractivity contribution >= 4 is 10.9 Å². The Hall–Kier alpha value is -2.13. The van der Waals surface area contributed by atoms with Crippen molar-refractivity contribution in [2.45, 2.75) is 13.2 Å². The van der Waals surface area contributed by atoms with Crippen LogP contribution in [-0.4, -0.2) is 14.9 Å². The zero-order valence-corrected chi connectivity index (χ0v) is 10.0. The van der Waals surface area contributed by atoms with Crippen molar-refractivity contribution in [1.82, 2.24) is 9.78 Å². The average Bonchev–Trinajstić information content (AvgIpc) is 2.82. The topological polar surface area (TPSA) is 38.0 Å². The van der Waals surface area contributed by atoms with Crippen molar-refractivity contribution in [3.63, 3.8) is 0 Å². The van der Waals surface area contributed by atoms with Crippen LogP contribution in [0.25, 0.3) is 22.0 Å². The largest absolute Gasteiger partial charge is 0.372 e. The van der Waals surface area contributed by atoms with E-state index >= 15 is 0 Å². The monoisotopic (exact) mass is 237 g/mol. The molecule has 3 rings (SSSR count). The third-order valence-electron chi connectivity index (χ3n) is 2.95. The van der Waals surface area contributed by atoms with Crippen molar-refractivity contribution < 1.29 is 5.11 Å². The molecule has 2 aromatic carbocycles. The van der Waals surface area contributed by atoms with Gasteiger partial charge in [0.2, 0.25) is 0 Å². The molecule has 3 heteroatoms. The first kappa shape index (κ1) is 11.0. The number of hydrogen-bond acceptors (Lipinski definition) is 2. The molecular formula is C15H13N2O. The fraction of sp³-hybridized carbons (Fsp3) is 0.133. The highest BCUT2D eigenvalue weighted by molar-refractivity contribution is 5.83. The van der Waals surface area contributed by atoms with Crippen LogP contribution >= 0.6 is 0 Å². The van der Waals surface area contributed by atoms with E-state index in [1.54, 1.807) is 17.8 Å².